The first kappa shape index (κ1) is 11.9. The van der Waals surface area contributed by atoms with Crippen LogP contribution in [0.25, 0.3) is 0 Å². The average molecular weight is 268 g/mol. The highest BCUT2D eigenvalue weighted by Crippen LogP contribution is 2.29. The third-order valence-electron chi connectivity index (χ3n) is 3.16. The molecule has 3 rings (SSSR count). The summed E-state index contributed by atoms with van der Waals surface area (Å²) in [6.45, 7) is 0. The molecular formula is C15H10ClN3. The molecule has 19 heavy (non-hydrogen) atoms. The maximum Gasteiger partial charge on any atom is 0.137 e. The van der Waals surface area contributed by atoms with Crippen LogP contribution in [0.15, 0.2) is 57.6 Å². The Bertz CT molecular complexity index is 690. The molecule has 2 aliphatic rings. The highest BCUT2D eigenvalue weighted by atomic mass is 35.5. The number of fused-ring (bicyclic) bond motifs is 1. The lowest BCUT2D eigenvalue weighted by Crippen LogP contribution is -2.21. The van der Waals surface area contributed by atoms with Crippen LogP contribution in [0.5, 0.6) is 0 Å². The first-order chi connectivity index (χ1) is 9.29. The second-order valence-electron chi connectivity index (χ2n) is 4.34. The molecule has 2 heterocycles. The topological polar surface area (TPSA) is 48.5 Å². The Morgan fingerprint density at radius 2 is 2.16 bits per heavy atom. The summed E-state index contributed by atoms with van der Waals surface area (Å²) in [5.74, 6) is 0.780. The second-order valence-corrected chi connectivity index (χ2v) is 4.78. The third-order valence-corrected chi connectivity index (χ3v) is 3.53. The Labute approximate surface area is 116 Å². The number of allylic oxidation sites excluding steroid dienone is 2. The maximum absolute atomic E-state index is 9.15. The molecule has 0 spiro atoms. The summed E-state index contributed by atoms with van der Waals surface area (Å²) in [5.41, 5.74) is 2.08. The SMILES string of the molecule is N#Cc1ccccc1C1=NC2=NC=CCC2C(Cl)=C1. The van der Waals surface area contributed by atoms with E-state index in [2.05, 4.69) is 16.1 Å². The van der Waals surface area contributed by atoms with Crippen LogP contribution < -0.4 is 0 Å². The van der Waals surface area contributed by atoms with Gasteiger partial charge in [0.1, 0.15) is 5.84 Å². The molecule has 0 aromatic heterocycles. The maximum atomic E-state index is 9.15. The second kappa shape index (κ2) is 4.83. The van der Waals surface area contributed by atoms with Gasteiger partial charge in [-0.2, -0.15) is 5.26 Å². The first-order valence-electron chi connectivity index (χ1n) is 5.97. The number of benzene rings is 1. The van der Waals surface area contributed by atoms with Crippen molar-refractivity contribution >= 4 is 23.1 Å². The van der Waals surface area contributed by atoms with E-state index >= 15 is 0 Å². The van der Waals surface area contributed by atoms with E-state index in [9.17, 15) is 0 Å². The summed E-state index contributed by atoms with van der Waals surface area (Å²) in [6, 6.07) is 9.54. The van der Waals surface area contributed by atoms with Crippen molar-refractivity contribution in [3.63, 3.8) is 0 Å². The first-order valence-corrected chi connectivity index (χ1v) is 6.35. The van der Waals surface area contributed by atoms with Gasteiger partial charge in [-0.05, 0) is 18.6 Å². The molecule has 1 atom stereocenters. The molecule has 0 amide bonds. The predicted octanol–water partition coefficient (Wildman–Crippen LogP) is 3.42. The van der Waals surface area contributed by atoms with Crippen LogP contribution >= 0.6 is 11.6 Å². The highest BCUT2D eigenvalue weighted by molar-refractivity contribution is 6.36. The van der Waals surface area contributed by atoms with Crippen LogP contribution in [-0.4, -0.2) is 11.5 Å². The number of aliphatic imine (C=N–C) groups is 2. The highest BCUT2D eigenvalue weighted by Gasteiger charge is 2.25. The van der Waals surface area contributed by atoms with Crippen LogP contribution in [0.2, 0.25) is 0 Å². The predicted molar refractivity (Wildman–Crippen MR) is 76.3 cm³/mol. The molecule has 1 aromatic carbocycles. The van der Waals surface area contributed by atoms with Crippen LogP contribution in [-0.2, 0) is 0 Å². The van der Waals surface area contributed by atoms with Gasteiger partial charge in [-0.3, -0.25) is 0 Å². The molecule has 0 saturated heterocycles. The van der Waals surface area contributed by atoms with Gasteiger partial charge in [-0.15, -0.1) is 0 Å². The zero-order valence-electron chi connectivity index (χ0n) is 10.0. The van der Waals surface area contributed by atoms with Gasteiger partial charge in [0.15, 0.2) is 0 Å². The molecule has 0 saturated carbocycles. The largest absolute Gasteiger partial charge is 0.241 e. The molecule has 0 N–H and O–H groups in total. The number of rotatable bonds is 1. The summed E-state index contributed by atoms with van der Waals surface area (Å²) in [5, 5.41) is 9.87. The number of amidine groups is 1. The lowest BCUT2D eigenvalue weighted by atomic mass is 9.95. The van der Waals surface area contributed by atoms with Crippen molar-refractivity contribution in [1.29, 1.82) is 5.26 Å². The van der Waals surface area contributed by atoms with Gasteiger partial charge in [0.25, 0.3) is 0 Å². The van der Waals surface area contributed by atoms with Crippen molar-refractivity contribution < 1.29 is 0 Å². The monoisotopic (exact) mass is 267 g/mol. The van der Waals surface area contributed by atoms with Crippen molar-refractivity contribution in [1.82, 2.24) is 0 Å². The molecule has 1 aromatic rings. The Balaban J connectivity index is 2.11. The fourth-order valence-corrected chi connectivity index (χ4v) is 2.48. The van der Waals surface area contributed by atoms with Crippen molar-refractivity contribution in [2.75, 3.05) is 0 Å². The van der Waals surface area contributed by atoms with Crippen molar-refractivity contribution in [3.05, 3.63) is 58.8 Å². The summed E-state index contributed by atoms with van der Waals surface area (Å²) < 4.78 is 0. The van der Waals surface area contributed by atoms with E-state index in [1.165, 1.54) is 0 Å². The molecule has 2 aliphatic heterocycles. The van der Waals surface area contributed by atoms with Crippen molar-refractivity contribution in [2.24, 2.45) is 15.9 Å². The zero-order chi connectivity index (χ0) is 13.2. The van der Waals surface area contributed by atoms with Crippen LogP contribution in [0.3, 0.4) is 0 Å². The number of dihydropyridines is 1. The minimum absolute atomic E-state index is 0.0599. The third kappa shape index (κ3) is 2.11. The van der Waals surface area contributed by atoms with Gasteiger partial charge in [-0.1, -0.05) is 35.9 Å². The lowest BCUT2D eigenvalue weighted by molar-refractivity contribution is 0.831. The van der Waals surface area contributed by atoms with E-state index in [4.69, 9.17) is 16.9 Å². The number of hydrogen-bond donors (Lipinski definition) is 0. The van der Waals surface area contributed by atoms with Crippen LogP contribution in [0.4, 0.5) is 0 Å². The van der Waals surface area contributed by atoms with Gasteiger partial charge >= 0.3 is 0 Å². The molecule has 0 radical (unpaired) electrons. The Kier molecular flexibility index (Phi) is 3.02. The van der Waals surface area contributed by atoms with Crippen LogP contribution in [0, 0.1) is 17.2 Å². The number of halogens is 1. The fraction of sp³-hybridized carbons (Fsp3) is 0.133. The Morgan fingerprint density at radius 1 is 1.32 bits per heavy atom. The number of nitrogens with zero attached hydrogens (tertiary/aromatic N) is 3. The normalized spacial score (nSPS) is 20.8. The fourth-order valence-electron chi connectivity index (χ4n) is 2.19. The van der Waals surface area contributed by atoms with Gasteiger partial charge in [0.05, 0.1) is 23.3 Å². The van der Waals surface area contributed by atoms with E-state index in [0.29, 0.717) is 11.3 Å². The van der Waals surface area contributed by atoms with Gasteiger partial charge in [0, 0.05) is 16.8 Å². The van der Waals surface area contributed by atoms with E-state index in [1.54, 1.807) is 12.3 Å². The van der Waals surface area contributed by atoms with E-state index < -0.39 is 0 Å². The molecular weight excluding hydrogens is 258 g/mol. The molecule has 0 fully saturated rings. The summed E-state index contributed by atoms with van der Waals surface area (Å²) in [4.78, 5) is 8.81. The standard InChI is InChI=1S/C15H10ClN3/c16-13-8-14(11-5-2-1-4-10(11)9-17)19-15-12(13)6-3-7-18-15/h1-5,7-8,12H,6H2. The molecule has 0 aliphatic carbocycles. The van der Waals surface area contributed by atoms with E-state index in [-0.39, 0.29) is 5.92 Å². The smallest absolute Gasteiger partial charge is 0.137 e. The van der Waals surface area contributed by atoms with Gasteiger partial charge in [-0.25, -0.2) is 9.98 Å². The van der Waals surface area contributed by atoms with Crippen molar-refractivity contribution in [3.8, 4) is 6.07 Å². The van der Waals surface area contributed by atoms with Crippen LogP contribution in [0.1, 0.15) is 17.5 Å². The molecule has 4 heteroatoms. The molecule has 1 unspecified atom stereocenters. The molecule has 92 valence electrons. The average Bonchev–Trinajstić information content (AvgIpc) is 2.47. The van der Waals surface area contributed by atoms with Gasteiger partial charge < -0.3 is 0 Å². The Hall–Kier alpha value is -2.18. The quantitative estimate of drug-likeness (QED) is 0.769. The Morgan fingerprint density at radius 3 is 3.00 bits per heavy atom. The summed E-state index contributed by atoms with van der Waals surface area (Å²) in [6.07, 6.45) is 6.39. The summed E-state index contributed by atoms with van der Waals surface area (Å²) >= 11 is 6.31. The molecule has 0 bridgehead atoms. The van der Waals surface area contributed by atoms with Gasteiger partial charge in [0.2, 0.25) is 0 Å². The summed E-state index contributed by atoms with van der Waals surface area (Å²) in [7, 11) is 0. The van der Waals surface area contributed by atoms with Crippen molar-refractivity contribution in [2.45, 2.75) is 6.42 Å². The number of hydrogen-bond acceptors (Lipinski definition) is 3. The molecule has 3 nitrogen and oxygen atoms in total. The lowest BCUT2D eigenvalue weighted by Gasteiger charge is -2.21. The zero-order valence-corrected chi connectivity index (χ0v) is 10.8. The minimum Gasteiger partial charge on any atom is -0.241 e. The number of nitriles is 1. The minimum atomic E-state index is 0.0599. The van der Waals surface area contributed by atoms with E-state index in [1.807, 2.05) is 30.4 Å². The van der Waals surface area contributed by atoms with E-state index in [0.717, 1.165) is 22.9 Å².